The molecule has 1 amide bonds. The Kier molecular flexibility index (Phi) is 4.29. The molecule has 0 spiro atoms. The van der Waals surface area contributed by atoms with Gasteiger partial charge in [0.15, 0.2) is 0 Å². The van der Waals surface area contributed by atoms with E-state index < -0.39 is 0 Å². The zero-order chi connectivity index (χ0) is 17.1. The summed E-state index contributed by atoms with van der Waals surface area (Å²) in [5, 5.41) is 10.5. The van der Waals surface area contributed by atoms with Crippen molar-refractivity contribution in [3.8, 4) is 17.2 Å². The zero-order valence-electron chi connectivity index (χ0n) is 13.7. The average Bonchev–Trinajstić information content (AvgIpc) is 3.03. The Morgan fingerprint density at radius 1 is 1.12 bits per heavy atom. The summed E-state index contributed by atoms with van der Waals surface area (Å²) in [6, 6.07) is 12.9. The van der Waals surface area contributed by atoms with Crippen molar-refractivity contribution in [3.05, 3.63) is 59.2 Å². The van der Waals surface area contributed by atoms with E-state index in [1.165, 1.54) is 0 Å². The SMILES string of the molecule is COc1cccc(-c2nnc(NC(=O)c3ccc(C)cc3C)o2)c1. The molecule has 0 aliphatic carbocycles. The number of amides is 1. The van der Waals surface area contributed by atoms with Gasteiger partial charge in [0.25, 0.3) is 5.91 Å². The smallest absolute Gasteiger partial charge is 0.322 e. The third-order valence-corrected chi connectivity index (χ3v) is 3.59. The molecule has 2 aromatic carbocycles. The number of ether oxygens (including phenoxy) is 1. The lowest BCUT2D eigenvalue weighted by Crippen LogP contribution is -2.13. The fourth-order valence-electron chi connectivity index (χ4n) is 2.38. The first-order chi connectivity index (χ1) is 11.6. The standard InChI is InChI=1S/C18H17N3O3/c1-11-7-8-15(12(2)9-11)16(22)19-18-21-20-17(24-18)13-5-4-6-14(10-13)23-3/h4-10H,1-3H3,(H,19,21,22). The van der Waals surface area contributed by atoms with E-state index >= 15 is 0 Å². The van der Waals surface area contributed by atoms with Crippen LogP contribution >= 0.6 is 0 Å². The first-order valence-corrected chi connectivity index (χ1v) is 7.43. The molecule has 0 aliphatic heterocycles. The van der Waals surface area contributed by atoms with E-state index in [9.17, 15) is 4.79 Å². The summed E-state index contributed by atoms with van der Waals surface area (Å²) in [6.07, 6.45) is 0. The van der Waals surface area contributed by atoms with Crippen LogP contribution in [-0.2, 0) is 0 Å². The Labute approximate surface area is 139 Å². The van der Waals surface area contributed by atoms with Gasteiger partial charge >= 0.3 is 6.01 Å². The maximum atomic E-state index is 12.3. The van der Waals surface area contributed by atoms with Gasteiger partial charge in [-0.15, -0.1) is 5.10 Å². The zero-order valence-corrected chi connectivity index (χ0v) is 13.7. The molecule has 0 bridgehead atoms. The number of carbonyl (C=O) groups is 1. The maximum absolute atomic E-state index is 12.3. The second-order valence-electron chi connectivity index (χ2n) is 5.42. The second kappa shape index (κ2) is 6.54. The van der Waals surface area contributed by atoms with E-state index in [-0.39, 0.29) is 11.9 Å². The van der Waals surface area contributed by atoms with E-state index in [1.807, 2.05) is 44.2 Å². The molecule has 0 aliphatic rings. The molecule has 0 unspecified atom stereocenters. The second-order valence-corrected chi connectivity index (χ2v) is 5.42. The number of benzene rings is 2. The van der Waals surface area contributed by atoms with Crippen molar-refractivity contribution >= 4 is 11.9 Å². The minimum absolute atomic E-state index is 0.0535. The predicted octanol–water partition coefficient (Wildman–Crippen LogP) is 3.61. The monoisotopic (exact) mass is 323 g/mol. The molecular formula is C18H17N3O3. The lowest BCUT2D eigenvalue weighted by Gasteiger charge is -2.05. The van der Waals surface area contributed by atoms with Crippen molar-refractivity contribution in [3.63, 3.8) is 0 Å². The van der Waals surface area contributed by atoms with E-state index in [0.29, 0.717) is 22.8 Å². The van der Waals surface area contributed by atoms with Crippen LogP contribution in [0, 0.1) is 13.8 Å². The van der Waals surface area contributed by atoms with Crippen molar-refractivity contribution in [1.29, 1.82) is 0 Å². The quantitative estimate of drug-likeness (QED) is 0.793. The van der Waals surface area contributed by atoms with Gasteiger partial charge in [-0.2, -0.15) is 0 Å². The van der Waals surface area contributed by atoms with Crippen LogP contribution in [0.2, 0.25) is 0 Å². The van der Waals surface area contributed by atoms with Gasteiger partial charge in [-0.3, -0.25) is 10.1 Å². The Morgan fingerprint density at radius 2 is 1.96 bits per heavy atom. The number of carbonyl (C=O) groups excluding carboxylic acids is 1. The van der Waals surface area contributed by atoms with Crippen LogP contribution < -0.4 is 10.1 Å². The van der Waals surface area contributed by atoms with Crippen molar-refractivity contribution in [1.82, 2.24) is 10.2 Å². The Bertz CT molecular complexity index is 887. The number of methoxy groups -OCH3 is 1. The van der Waals surface area contributed by atoms with Gasteiger partial charge in [0.1, 0.15) is 5.75 Å². The predicted molar refractivity (Wildman–Crippen MR) is 90.2 cm³/mol. The summed E-state index contributed by atoms with van der Waals surface area (Å²) in [4.78, 5) is 12.3. The van der Waals surface area contributed by atoms with Gasteiger partial charge < -0.3 is 9.15 Å². The van der Waals surface area contributed by atoms with Crippen molar-refractivity contribution in [2.45, 2.75) is 13.8 Å². The molecule has 1 N–H and O–H groups in total. The summed E-state index contributed by atoms with van der Waals surface area (Å²) in [5.41, 5.74) is 3.28. The van der Waals surface area contributed by atoms with Gasteiger partial charge in [-0.25, -0.2) is 0 Å². The fourth-order valence-corrected chi connectivity index (χ4v) is 2.38. The molecule has 0 fully saturated rings. The highest BCUT2D eigenvalue weighted by atomic mass is 16.5. The van der Waals surface area contributed by atoms with Gasteiger partial charge in [0.05, 0.1) is 7.11 Å². The summed E-state index contributed by atoms with van der Waals surface area (Å²) in [6.45, 7) is 3.87. The molecule has 6 heteroatoms. The summed E-state index contributed by atoms with van der Waals surface area (Å²) in [5.74, 6) is 0.713. The molecule has 24 heavy (non-hydrogen) atoms. The largest absolute Gasteiger partial charge is 0.497 e. The molecule has 1 heterocycles. The van der Waals surface area contributed by atoms with Crippen LogP contribution in [0.1, 0.15) is 21.5 Å². The van der Waals surface area contributed by atoms with E-state index in [2.05, 4.69) is 15.5 Å². The van der Waals surface area contributed by atoms with Crippen molar-refractivity contribution in [2.24, 2.45) is 0 Å². The number of hydrogen-bond acceptors (Lipinski definition) is 5. The molecule has 6 nitrogen and oxygen atoms in total. The summed E-state index contributed by atoms with van der Waals surface area (Å²) in [7, 11) is 1.59. The summed E-state index contributed by atoms with van der Waals surface area (Å²) < 4.78 is 10.7. The van der Waals surface area contributed by atoms with Crippen molar-refractivity contribution in [2.75, 3.05) is 12.4 Å². The summed E-state index contributed by atoms with van der Waals surface area (Å²) >= 11 is 0. The van der Waals surface area contributed by atoms with E-state index in [4.69, 9.17) is 9.15 Å². The molecule has 0 atom stereocenters. The molecule has 0 saturated heterocycles. The molecule has 1 aromatic heterocycles. The molecule has 0 saturated carbocycles. The number of nitrogens with one attached hydrogen (secondary N) is 1. The first kappa shape index (κ1) is 15.7. The fraction of sp³-hybridized carbons (Fsp3) is 0.167. The number of aromatic nitrogens is 2. The highest BCUT2D eigenvalue weighted by molar-refractivity contribution is 6.04. The Balaban J connectivity index is 1.79. The third-order valence-electron chi connectivity index (χ3n) is 3.59. The number of rotatable bonds is 4. The minimum atomic E-state index is -0.284. The minimum Gasteiger partial charge on any atom is -0.497 e. The number of hydrogen-bond donors (Lipinski definition) is 1. The van der Waals surface area contributed by atoms with Crippen molar-refractivity contribution < 1.29 is 13.9 Å². The lowest BCUT2D eigenvalue weighted by molar-refractivity contribution is 0.102. The first-order valence-electron chi connectivity index (χ1n) is 7.43. The average molecular weight is 323 g/mol. The van der Waals surface area contributed by atoms with Crippen LogP contribution in [0.4, 0.5) is 6.01 Å². The normalized spacial score (nSPS) is 10.5. The Morgan fingerprint density at radius 3 is 2.71 bits per heavy atom. The third kappa shape index (κ3) is 3.27. The van der Waals surface area contributed by atoms with Crippen LogP contribution in [0.25, 0.3) is 11.5 Å². The molecular weight excluding hydrogens is 306 g/mol. The van der Waals surface area contributed by atoms with E-state index in [1.54, 1.807) is 19.2 Å². The van der Waals surface area contributed by atoms with Gasteiger partial charge in [0, 0.05) is 11.1 Å². The number of anilines is 1. The van der Waals surface area contributed by atoms with Crippen LogP contribution in [0.15, 0.2) is 46.9 Å². The van der Waals surface area contributed by atoms with Crippen LogP contribution in [0.5, 0.6) is 5.75 Å². The molecule has 122 valence electrons. The van der Waals surface area contributed by atoms with E-state index in [0.717, 1.165) is 11.1 Å². The number of aryl methyl sites for hydroxylation is 2. The highest BCUT2D eigenvalue weighted by Gasteiger charge is 2.14. The molecule has 3 aromatic rings. The van der Waals surface area contributed by atoms with Gasteiger partial charge in [-0.1, -0.05) is 28.9 Å². The van der Waals surface area contributed by atoms with Gasteiger partial charge in [-0.05, 0) is 43.7 Å². The highest BCUT2D eigenvalue weighted by Crippen LogP contribution is 2.24. The molecule has 3 rings (SSSR count). The lowest BCUT2D eigenvalue weighted by atomic mass is 10.1. The molecule has 0 radical (unpaired) electrons. The maximum Gasteiger partial charge on any atom is 0.322 e. The topological polar surface area (TPSA) is 77.3 Å². The van der Waals surface area contributed by atoms with Crippen LogP contribution in [-0.4, -0.2) is 23.2 Å². The number of nitrogens with zero attached hydrogens (tertiary/aromatic N) is 2. The van der Waals surface area contributed by atoms with Crippen LogP contribution in [0.3, 0.4) is 0 Å². The van der Waals surface area contributed by atoms with Gasteiger partial charge in [0.2, 0.25) is 5.89 Å². The Hall–Kier alpha value is -3.15.